The van der Waals surface area contributed by atoms with Crippen molar-refractivity contribution in [2.24, 2.45) is 5.92 Å². The molecule has 1 fully saturated rings. The molecule has 0 bridgehead atoms. The number of aliphatic hydroxyl groups is 1. The summed E-state index contributed by atoms with van der Waals surface area (Å²) in [6, 6.07) is 0. The predicted octanol–water partition coefficient (Wildman–Crippen LogP) is 4.24. The fourth-order valence-electron chi connectivity index (χ4n) is 2.55. The van der Waals surface area contributed by atoms with Gasteiger partial charge in [-0.05, 0) is 25.2 Å². The van der Waals surface area contributed by atoms with Crippen LogP contribution < -0.4 is 0 Å². The van der Waals surface area contributed by atoms with Crippen LogP contribution in [0.1, 0.15) is 65.2 Å². The van der Waals surface area contributed by atoms with Crippen LogP contribution in [-0.2, 0) is 0 Å². The standard InChI is InChI=1S/C14H28OS/c1-3-12(4-2)10-13(15)11-16-14-8-6-5-7-9-14/h12-15H,3-11H2,1-2H3. The fourth-order valence-corrected chi connectivity index (χ4v) is 3.85. The molecule has 0 aliphatic heterocycles. The van der Waals surface area contributed by atoms with Crippen LogP contribution in [0.5, 0.6) is 0 Å². The molecule has 1 rings (SSSR count). The maximum absolute atomic E-state index is 9.99. The van der Waals surface area contributed by atoms with Gasteiger partial charge in [-0.15, -0.1) is 0 Å². The van der Waals surface area contributed by atoms with Crippen LogP contribution in [0.15, 0.2) is 0 Å². The first-order valence-electron chi connectivity index (χ1n) is 7.05. The first-order chi connectivity index (χ1) is 7.76. The van der Waals surface area contributed by atoms with Crippen molar-refractivity contribution in [1.82, 2.24) is 0 Å². The predicted molar refractivity (Wildman–Crippen MR) is 74.0 cm³/mol. The Bertz CT molecular complexity index is 162. The molecule has 0 aromatic carbocycles. The molecule has 0 amide bonds. The minimum Gasteiger partial charge on any atom is -0.392 e. The number of hydrogen-bond donors (Lipinski definition) is 1. The van der Waals surface area contributed by atoms with E-state index in [0.29, 0.717) is 0 Å². The second kappa shape index (κ2) is 8.41. The van der Waals surface area contributed by atoms with E-state index >= 15 is 0 Å². The van der Waals surface area contributed by atoms with Gasteiger partial charge in [0.25, 0.3) is 0 Å². The Hall–Kier alpha value is 0.310. The average Bonchev–Trinajstić information content (AvgIpc) is 2.34. The number of hydrogen-bond acceptors (Lipinski definition) is 2. The molecule has 1 saturated carbocycles. The first-order valence-corrected chi connectivity index (χ1v) is 8.10. The van der Waals surface area contributed by atoms with E-state index in [-0.39, 0.29) is 6.10 Å². The van der Waals surface area contributed by atoms with Crippen molar-refractivity contribution in [1.29, 1.82) is 0 Å². The molecule has 1 aliphatic carbocycles. The molecule has 96 valence electrons. The van der Waals surface area contributed by atoms with E-state index in [1.165, 1.54) is 44.9 Å². The molecular formula is C14H28OS. The lowest BCUT2D eigenvalue weighted by Crippen LogP contribution is -2.18. The lowest BCUT2D eigenvalue weighted by molar-refractivity contribution is 0.161. The Balaban J connectivity index is 2.10. The summed E-state index contributed by atoms with van der Waals surface area (Å²) in [6.45, 7) is 4.46. The monoisotopic (exact) mass is 244 g/mol. The SMILES string of the molecule is CCC(CC)CC(O)CSC1CCCCC1. The Labute approximate surface area is 105 Å². The van der Waals surface area contributed by atoms with Crippen molar-refractivity contribution in [2.45, 2.75) is 76.6 Å². The summed E-state index contributed by atoms with van der Waals surface area (Å²) in [6.07, 6.45) is 10.3. The summed E-state index contributed by atoms with van der Waals surface area (Å²) in [5.41, 5.74) is 0. The van der Waals surface area contributed by atoms with Crippen LogP contribution in [0.25, 0.3) is 0 Å². The smallest absolute Gasteiger partial charge is 0.0633 e. The lowest BCUT2D eigenvalue weighted by atomic mass is 9.97. The maximum Gasteiger partial charge on any atom is 0.0633 e. The van der Waals surface area contributed by atoms with Crippen molar-refractivity contribution in [3.8, 4) is 0 Å². The van der Waals surface area contributed by atoms with Gasteiger partial charge in [0.15, 0.2) is 0 Å². The number of thioether (sulfide) groups is 1. The van der Waals surface area contributed by atoms with E-state index in [0.717, 1.165) is 23.3 Å². The van der Waals surface area contributed by atoms with E-state index in [4.69, 9.17) is 0 Å². The van der Waals surface area contributed by atoms with Gasteiger partial charge in [-0.3, -0.25) is 0 Å². The van der Waals surface area contributed by atoms with Crippen molar-refractivity contribution in [3.05, 3.63) is 0 Å². The number of aliphatic hydroxyl groups excluding tert-OH is 1. The van der Waals surface area contributed by atoms with E-state index in [2.05, 4.69) is 13.8 Å². The van der Waals surface area contributed by atoms with Crippen LogP contribution in [0.2, 0.25) is 0 Å². The molecule has 0 aromatic rings. The summed E-state index contributed by atoms with van der Waals surface area (Å²) >= 11 is 2.02. The van der Waals surface area contributed by atoms with Crippen LogP contribution in [-0.4, -0.2) is 22.2 Å². The Morgan fingerprint density at radius 2 is 1.75 bits per heavy atom. The molecule has 1 nitrogen and oxygen atoms in total. The van der Waals surface area contributed by atoms with Gasteiger partial charge in [0.05, 0.1) is 6.10 Å². The third kappa shape index (κ3) is 5.58. The molecule has 0 heterocycles. The molecular weight excluding hydrogens is 216 g/mol. The lowest BCUT2D eigenvalue weighted by Gasteiger charge is -2.23. The highest BCUT2D eigenvalue weighted by atomic mass is 32.2. The molecule has 2 heteroatoms. The topological polar surface area (TPSA) is 20.2 Å². The summed E-state index contributed by atoms with van der Waals surface area (Å²) in [5, 5.41) is 10.8. The van der Waals surface area contributed by atoms with Crippen LogP contribution >= 0.6 is 11.8 Å². The zero-order valence-corrected chi connectivity index (χ0v) is 11.8. The van der Waals surface area contributed by atoms with Gasteiger partial charge in [-0.2, -0.15) is 11.8 Å². The van der Waals surface area contributed by atoms with Gasteiger partial charge in [0, 0.05) is 11.0 Å². The van der Waals surface area contributed by atoms with E-state index in [1.54, 1.807) is 0 Å². The quantitative estimate of drug-likeness (QED) is 0.723. The summed E-state index contributed by atoms with van der Waals surface area (Å²) in [4.78, 5) is 0. The van der Waals surface area contributed by atoms with Crippen LogP contribution in [0.4, 0.5) is 0 Å². The minimum atomic E-state index is -0.0724. The van der Waals surface area contributed by atoms with E-state index in [1.807, 2.05) is 11.8 Å². The first kappa shape index (κ1) is 14.4. The van der Waals surface area contributed by atoms with Crippen molar-refractivity contribution in [2.75, 3.05) is 5.75 Å². The van der Waals surface area contributed by atoms with Crippen LogP contribution in [0.3, 0.4) is 0 Å². The van der Waals surface area contributed by atoms with Gasteiger partial charge in [-0.25, -0.2) is 0 Å². The number of rotatable bonds is 7. The van der Waals surface area contributed by atoms with Crippen molar-refractivity contribution >= 4 is 11.8 Å². The van der Waals surface area contributed by atoms with Crippen molar-refractivity contribution < 1.29 is 5.11 Å². The van der Waals surface area contributed by atoms with Gasteiger partial charge >= 0.3 is 0 Å². The zero-order valence-electron chi connectivity index (χ0n) is 11.0. The summed E-state index contributed by atoms with van der Waals surface area (Å²) in [7, 11) is 0. The summed E-state index contributed by atoms with van der Waals surface area (Å²) < 4.78 is 0. The third-order valence-electron chi connectivity index (χ3n) is 3.84. The Morgan fingerprint density at radius 1 is 1.12 bits per heavy atom. The fraction of sp³-hybridized carbons (Fsp3) is 1.00. The minimum absolute atomic E-state index is 0.0724. The highest BCUT2D eigenvalue weighted by Gasteiger charge is 2.17. The Kier molecular flexibility index (Phi) is 7.55. The van der Waals surface area contributed by atoms with E-state index < -0.39 is 0 Å². The maximum atomic E-state index is 9.99. The molecule has 0 radical (unpaired) electrons. The van der Waals surface area contributed by atoms with Crippen molar-refractivity contribution in [3.63, 3.8) is 0 Å². The molecule has 1 atom stereocenters. The second-order valence-electron chi connectivity index (χ2n) is 5.17. The van der Waals surface area contributed by atoms with Gasteiger partial charge in [0.1, 0.15) is 0 Å². The molecule has 0 spiro atoms. The average molecular weight is 244 g/mol. The normalized spacial score (nSPS) is 20.2. The van der Waals surface area contributed by atoms with Crippen LogP contribution in [0, 0.1) is 5.92 Å². The van der Waals surface area contributed by atoms with Gasteiger partial charge < -0.3 is 5.11 Å². The third-order valence-corrected chi connectivity index (χ3v) is 5.36. The van der Waals surface area contributed by atoms with E-state index in [9.17, 15) is 5.11 Å². The summed E-state index contributed by atoms with van der Waals surface area (Å²) in [5.74, 6) is 1.68. The van der Waals surface area contributed by atoms with Gasteiger partial charge in [0.2, 0.25) is 0 Å². The Morgan fingerprint density at radius 3 is 2.31 bits per heavy atom. The zero-order chi connectivity index (χ0) is 11.8. The molecule has 1 unspecified atom stereocenters. The highest BCUT2D eigenvalue weighted by molar-refractivity contribution is 7.99. The highest BCUT2D eigenvalue weighted by Crippen LogP contribution is 2.29. The largest absolute Gasteiger partial charge is 0.392 e. The molecule has 0 aromatic heterocycles. The second-order valence-corrected chi connectivity index (χ2v) is 6.50. The molecule has 0 saturated heterocycles. The van der Waals surface area contributed by atoms with Gasteiger partial charge in [-0.1, -0.05) is 46.0 Å². The molecule has 1 N–H and O–H groups in total. The molecule has 1 aliphatic rings. The molecule has 16 heavy (non-hydrogen) atoms.